The van der Waals surface area contributed by atoms with Gasteiger partial charge >= 0.3 is 0 Å². The molecule has 0 aliphatic heterocycles. The Hall–Kier alpha value is -3.86. The zero-order chi connectivity index (χ0) is 19.5. The minimum absolute atomic E-state index is 0.0950. The van der Waals surface area contributed by atoms with E-state index in [9.17, 15) is 10.1 Å². The van der Waals surface area contributed by atoms with E-state index in [1.54, 1.807) is 31.4 Å². The van der Waals surface area contributed by atoms with Crippen LogP contribution >= 0.6 is 0 Å². The summed E-state index contributed by atoms with van der Waals surface area (Å²) in [6.45, 7) is 0. The molecule has 0 fully saturated rings. The second kappa shape index (κ2) is 7.40. The SMILES string of the molecule is COc1ccc(-n2cc(C=Cc3ccccc3[N+](=O)[O-])c3ccccc32)cc1. The smallest absolute Gasteiger partial charge is 0.276 e. The number of hydrogen-bond acceptors (Lipinski definition) is 3. The summed E-state index contributed by atoms with van der Waals surface area (Å²) in [7, 11) is 1.64. The van der Waals surface area contributed by atoms with Gasteiger partial charge in [0.2, 0.25) is 0 Å². The van der Waals surface area contributed by atoms with Crippen LogP contribution in [0.1, 0.15) is 11.1 Å². The van der Waals surface area contributed by atoms with Crippen LogP contribution in [0.15, 0.2) is 79.0 Å². The van der Waals surface area contributed by atoms with Gasteiger partial charge in [0.15, 0.2) is 0 Å². The van der Waals surface area contributed by atoms with Crippen molar-refractivity contribution in [3.63, 3.8) is 0 Å². The van der Waals surface area contributed by atoms with Gasteiger partial charge in [0.05, 0.1) is 23.1 Å². The maximum absolute atomic E-state index is 11.2. The summed E-state index contributed by atoms with van der Waals surface area (Å²) in [6, 6.07) is 22.7. The number of benzene rings is 3. The Morgan fingerprint density at radius 2 is 1.57 bits per heavy atom. The maximum atomic E-state index is 11.2. The monoisotopic (exact) mass is 370 g/mol. The molecule has 5 heteroatoms. The fraction of sp³-hybridized carbons (Fsp3) is 0.0435. The third-order valence-corrected chi connectivity index (χ3v) is 4.67. The molecule has 4 aromatic rings. The van der Waals surface area contributed by atoms with Gasteiger partial charge in [0.1, 0.15) is 5.75 Å². The van der Waals surface area contributed by atoms with Gasteiger partial charge in [-0.3, -0.25) is 10.1 Å². The Morgan fingerprint density at radius 3 is 2.32 bits per heavy atom. The second-order valence-electron chi connectivity index (χ2n) is 6.32. The zero-order valence-electron chi connectivity index (χ0n) is 15.3. The topological polar surface area (TPSA) is 57.3 Å². The lowest BCUT2D eigenvalue weighted by Gasteiger charge is -2.06. The average molecular weight is 370 g/mol. The number of hydrogen-bond donors (Lipinski definition) is 0. The molecule has 0 saturated heterocycles. The lowest BCUT2D eigenvalue weighted by molar-refractivity contribution is -0.385. The van der Waals surface area contributed by atoms with E-state index in [0.717, 1.165) is 27.9 Å². The summed E-state index contributed by atoms with van der Waals surface area (Å²) in [4.78, 5) is 10.9. The van der Waals surface area contributed by atoms with E-state index in [1.165, 1.54) is 6.07 Å². The van der Waals surface area contributed by atoms with E-state index in [0.29, 0.717) is 5.56 Å². The van der Waals surface area contributed by atoms with Gasteiger partial charge in [-0.05, 0) is 42.5 Å². The molecule has 0 unspecified atom stereocenters. The lowest BCUT2D eigenvalue weighted by Crippen LogP contribution is -1.91. The molecule has 0 amide bonds. The van der Waals surface area contributed by atoms with Crippen LogP contribution in [0.25, 0.3) is 28.7 Å². The fourth-order valence-corrected chi connectivity index (χ4v) is 3.27. The Balaban J connectivity index is 1.79. The molecular weight excluding hydrogens is 352 g/mol. The van der Waals surface area contributed by atoms with Crippen molar-refractivity contribution in [3.8, 4) is 11.4 Å². The molecule has 28 heavy (non-hydrogen) atoms. The first kappa shape index (κ1) is 17.5. The predicted molar refractivity (Wildman–Crippen MR) is 112 cm³/mol. The second-order valence-corrected chi connectivity index (χ2v) is 6.32. The first-order valence-corrected chi connectivity index (χ1v) is 8.83. The van der Waals surface area contributed by atoms with Gasteiger partial charge in [-0.2, -0.15) is 0 Å². The first-order valence-electron chi connectivity index (χ1n) is 8.83. The lowest BCUT2D eigenvalue weighted by atomic mass is 10.1. The summed E-state index contributed by atoms with van der Waals surface area (Å²) in [5.74, 6) is 0.803. The molecular formula is C23H18N2O3. The highest BCUT2D eigenvalue weighted by atomic mass is 16.6. The fourth-order valence-electron chi connectivity index (χ4n) is 3.27. The standard InChI is InChI=1S/C23H18N2O3/c1-28-20-14-12-19(13-15-20)24-16-18(21-7-3-5-9-23(21)24)11-10-17-6-2-4-8-22(17)25(26)27/h2-16H,1H3. The number of para-hydroxylation sites is 2. The van der Waals surface area contributed by atoms with Crippen molar-refractivity contribution in [2.75, 3.05) is 7.11 Å². The molecule has 0 atom stereocenters. The van der Waals surface area contributed by atoms with Gasteiger partial charge in [0, 0.05) is 28.9 Å². The summed E-state index contributed by atoms with van der Waals surface area (Å²) in [5.41, 5.74) is 3.74. The molecule has 0 aliphatic rings. The van der Waals surface area contributed by atoms with Crippen LogP contribution < -0.4 is 4.74 Å². The predicted octanol–water partition coefficient (Wildman–Crippen LogP) is 5.72. The first-order chi connectivity index (χ1) is 13.7. The quantitative estimate of drug-likeness (QED) is 0.333. The molecule has 0 radical (unpaired) electrons. The number of nitro groups is 1. The number of nitro benzene ring substituents is 1. The van der Waals surface area contributed by atoms with Gasteiger partial charge in [-0.1, -0.05) is 36.4 Å². The molecule has 0 aliphatic carbocycles. The number of nitrogens with zero attached hydrogens (tertiary/aromatic N) is 2. The van der Waals surface area contributed by atoms with Crippen molar-refractivity contribution in [1.82, 2.24) is 4.57 Å². The maximum Gasteiger partial charge on any atom is 0.276 e. The highest BCUT2D eigenvalue weighted by Crippen LogP contribution is 2.28. The Bertz CT molecular complexity index is 1170. The van der Waals surface area contributed by atoms with Crippen molar-refractivity contribution in [1.29, 1.82) is 0 Å². The summed E-state index contributed by atoms with van der Waals surface area (Å²) < 4.78 is 7.35. The highest BCUT2D eigenvalue weighted by molar-refractivity contribution is 5.93. The molecule has 4 rings (SSSR count). The Labute approximate surface area is 162 Å². The number of aromatic nitrogens is 1. The van der Waals surface area contributed by atoms with Crippen molar-refractivity contribution in [2.24, 2.45) is 0 Å². The summed E-state index contributed by atoms with van der Waals surface area (Å²) >= 11 is 0. The van der Waals surface area contributed by atoms with Crippen LogP contribution in [0.3, 0.4) is 0 Å². The van der Waals surface area contributed by atoms with E-state index in [-0.39, 0.29) is 10.6 Å². The van der Waals surface area contributed by atoms with Gasteiger partial charge in [-0.15, -0.1) is 0 Å². The average Bonchev–Trinajstić information content (AvgIpc) is 3.11. The van der Waals surface area contributed by atoms with E-state index in [4.69, 9.17) is 4.74 Å². The van der Waals surface area contributed by atoms with Crippen LogP contribution in [-0.2, 0) is 0 Å². The number of rotatable bonds is 5. The number of ether oxygens (including phenoxy) is 1. The van der Waals surface area contributed by atoms with Crippen LogP contribution in [0, 0.1) is 10.1 Å². The molecule has 5 nitrogen and oxygen atoms in total. The molecule has 1 aromatic heterocycles. The minimum atomic E-state index is -0.361. The molecule has 3 aromatic carbocycles. The number of fused-ring (bicyclic) bond motifs is 1. The van der Waals surface area contributed by atoms with Crippen LogP contribution in [0.5, 0.6) is 5.75 Å². The molecule has 0 spiro atoms. The summed E-state index contributed by atoms with van der Waals surface area (Å²) in [5, 5.41) is 12.3. The van der Waals surface area contributed by atoms with Gasteiger partial charge in [0.25, 0.3) is 5.69 Å². The molecule has 138 valence electrons. The van der Waals surface area contributed by atoms with Crippen LogP contribution in [0.2, 0.25) is 0 Å². The number of methoxy groups -OCH3 is 1. The largest absolute Gasteiger partial charge is 0.497 e. The molecule has 0 bridgehead atoms. The van der Waals surface area contributed by atoms with Crippen molar-refractivity contribution in [2.45, 2.75) is 0 Å². The van der Waals surface area contributed by atoms with Crippen LogP contribution in [0.4, 0.5) is 5.69 Å². The van der Waals surface area contributed by atoms with E-state index in [1.807, 2.05) is 48.7 Å². The summed E-state index contributed by atoms with van der Waals surface area (Å²) in [6.07, 6.45) is 5.75. The minimum Gasteiger partial charge on any atom is -0.497 e. The third-order valence-electron chi connectivity index (χ3n) is 4.67. The van der Waals surface area contributed by atoms with Gasteiger partial charge in [-0.25, -0.2) is 0 Å². The molecule has 1 heterocycles. The van der Waals surface area contributed by atoms with Crippen molar-refractivity contribution < 1.29 is 9.66 Å². The Morgan fingerprint density at radius 1 is 0.893 bits per heavy atom. The van der Waals surface area contributed by atoms with Crippen LogP contribution in [-0.4, -0.2) is 16.6 Å². The molecule has 0 N–H and O–H groups in total. The molecule has 0 saturated carbocycles. The highest BCUT2D eigenvalue weighted by Gasteiger charge is 2.11. The van der Waals surface area contributed by atoms with E-state index >= 15 is 0 Å². The van der Waals surface area contributed by atoms with Crippen molar-refractivity contribution in [3.05, 3.63) is 100 Å². The van der Waals surface area contributed by atoms with E-state index < -0.39 is 0 Å². The van der Waals surface area contributed by atoms with E-state index in [2.05, 4.69) is 16.7 Å². The van der Waals surface area contributed by atoms with Gasteiger partial charge < -0.3 is 9.30 Å². The zero-order valence-corrected chi connectivity index (χ0v) is 15.3. The third kappa shape index (κ3) is 3.25. The Kier molecular flexibility index (Phi) is 4.64. The van der Waals surface area contributed by atoms with Crippen molar-refractivity contribution >= 4 is 28.7 Å². The normalized spacial score (nSPS) is 11.2.